The lowest BCUT2D eigenvalue weighted by molar-refractivity contribution is -0.332. The molecule has 1 aliphatic rings. The third-order valence-corrected chi connectivity index (χ3v) is 2.18. The highest BCUT2D eigenvalue weighted by molar-refractivity contribution is 4.63. The molecule has 0 aliphatic carbocycles. The molecule has 1 rings (SSSR count). The van der Waals surface area contributed by atoms with Crippen molar-refractivity contribution in [2.75, 3.05) is 19.8 Å². The molecule has 13 heavy (non-hydrogen) atoms. The van der Waals surface area contributed by atoms with Crippen LogP contribution in [0.3, 0.4) is 0 Å². The van der Waals surface area contributed by atoms with Crippen LogP contribution in [0.25, 0.3) is 0 Å². The highest BCUT2D eigenvalue weighted by Gasteiger charge is 2.36. The lowest BCUT2D eigenvalue weighted by Gasteiger charge is -2.26. The minimum atomic E-state index is -0.704. The molecule has 1 fully saturated rings. The summed E-state index contributed by atoms with van der Waals surface area (Å²) in [5.41, 5.74) is 0. The summed E-state index contributed by atoms with van der Waals surface area (Å²) in [6, 6.07) is 0. The van der Waals surface area contributed by atoms with Crippen LogP contribution < -0.4 is 0 Å². The van der Waals surface area contributed by atoms with Crippen molar-refractivity contribution < 1.29 is 14.2 Å². The van der Waals surface area contributed by atoms with Crippen molar-refractivity contribution in [3.05, 3.63) is 0 Å². The number of hydrogen-bond donors (Lipinski definition) is 0. The lowest BCUT2D eigenvalue weighted by Crippen LogP contribution is -2.33. The maximum Gasteiger partial charge on any atom is 0.283 e. The van der Waals surface area contributed by atoms with Gasteiger partial charge in [-0.15, -0.1) is 0 Å². The second-order valence-corrected chi connectivity index (χ2v) is 3.27. The zero-order valence-corrected chi connectivity index (χ0v) is 8.67. The zero-order valence-electron chi connectivity index (χ0n) is 8.67. The molecule has 0 radical (unpaired) electrons. The predicted octanol–water partition coefficient (Wildman–Crippen LogP) is 2.30. The van der Waals surface area contributed by atoms with Crippen LogP contribution in [0, 0.1) is 0 Å². The predicted molar refractivity (Wildman–Crippen MR) is 50.4 cm³/mol. The number of hydrogen-bond acceptors (Lipinski definition) is 3. The van der Waals surface area contributed by atoms with Crippen molar-refractivity contribution in [3.63, 3.8) is 0 Å². The van der Waals surface area contributed by atoms with Gasteiger partial charge in [-0.25, -0.2) is 0 Å². The van der Waals surface area contributed by atoms with E-state index < -0.39 is 5.97 Å². The molecule has 0 saturated carbocycles. The third kappa shape index (κ3) is 3.25. The van der Waals surface area contributed by atoms with E-state index in [4.69, 9.17) is 14.2 Å². The zero-order chi connectivity index (χ0) is 9.57. The van der Waals surface area contributed by atoms with Crippen LogP contribution in [0.1, 0.15) is 39.5 Å². The van der Waals surface area contributed by atoms with Crippen molar-refractivity contribution in [3.8, 4) is 0 Å². The van der Waals surface area contributed by atoms with Crippen molar-refractivity contribution in [1.29, 1.82) is 0 Å². The Balaban J connectivity index is 2.28. The summed E-state index contributed by atoms with van der Waals surface area (Å²) >= 11 is 0. The minimum absolute atomic E-state index is 0.645. The van der Waals surface area contributed by atoms with Crippen LogP contribution in [0.4, 0.5) is 0 Å². The first-order valence-electron chi connectivity index (χ1n) is 5.25. The van der Waals surface area contributed by atoms with Crippen molar-refractivity contribution in [2.24, 2.45) is 0 Å². The second-order valence-electron chi connectivity index (χ2n) is 3.27. The van der Waals surface area contributed by atoms with E-state index in [2.05, 4.69) is 6.92 Å². The van der Waals surface area contributed by atoms with Crippen LogP contribution >= 0.6 is 0 Å². The Kier molecular flexibility index (Phi) is 4.70. The maximum absolute atomic E-state index is 5.49. The Morgan fingerprint density at radius 3 is 2.38 bits per heavy atom. The molecule has 0 unspecified atom stereocenters. The molecule has 1 heterocycles. The molecule has 0 bridgehead atoms. The number of unbranched alkanes of at least 4 members (excludes halogenated alkanes) is 2. The van der Waals surface area contributed by atoms with E-state index in [1.807, 2.05) is 6.92 Å². The maximum atomic E-state index is 5.49. The summed E-state index contributed by atoms with van der Waals surface area (Å²) in [5.74, 6) is -0.704. The SMILES string of the molecule is CCCCCC1(OCC)OCCO1. The molecular formula is C10H20O3. The van der Waals surface area contributed by atoms with Gasteiger partial charge in [-0.2, -0.15) is 0 Å². The molecule has 0 spiro atoms. The summed E-state index contributed by atoms with van der Waals surface area (Å²) in [5, 5.41) is 0. The molecule has 0 amide bonds. The normalized spacial score (nSPS) is 20.8. The van der Waals surface area contributed by atoms with Crippen LogP contribution in [0.5, 0.6) is 0 Å². The van der Waals surface area contributed by atoms with Crippen LogP contribution in [0.2, 0.25) is 0 Å². The van der Waals surface area contributed by atoms with Gasteiger partial charge in [-0.1, -0.05) is 19.8 Å². The largest absolute Gasteiger partial charge is 0.328 e. The first kappa shape index (κ1) is 11.0. The van der Waals surface area contributed by atoms with Crippen molar-refractivity contribution in [2.45, 2.75) is 45.5 Å². The smallest absolute Gasteiger partial charge is 0.283 e. The molecular weight excluding hydrogens is 168 g/mol. The summed E-state index contributed by atoms with van der Waals surface area (Å²) in [7, 11) is 0. The summed E-state index contributed by atoms with van der Waals surface area (Å²) in [4.78, 5) is 0. The average molecular weight is 188 g/mol. The topological polar surface area (TPSA) is 27.7 Å². The highest BCUT2D eigenvalue weighted by Crippen LogP contribution is 2.27. The molecule has 3 nitrogen and oxygen atoms in total. The Bertz CT molecular complexity index is 130. The second kappa shape index (κ2) is 5.58. The minimum Gasteiger partial charge on any atom is -0.328 e. The summed E-state index contributed by atoms with van der Waals surface area (Å²) in [6.07, 6.45) is 4.38. The van der Waals surface area contributed by atoms with Crippen LogP contribution in [-0.4, -0.2) is 25.8 Å². The monoisotopic (exact) mass is 188 g/mol. The molecule has 1 saturated heterocycles. The van der Waals surface area contributed by atoms with E-state index in [1.165, 1.54) is 12.8 Å². The van der Waals surface area contributed by atoms with Crippen molar-refractivity contribution >= 4 is 0 Å². The van der Waals surface area contributed by atoms with Gasteiger partial charge in [0.25, 0.3) is 5.97 Å². The van der Waals surface area contributed by atoms with Gasteiger partial charge in [0, 0.05) is 13.0 Å². The Morgan fingerprint density at radius 2 is 1.85 bits per heavy atom. The first-order valence-corrected chi connectivity index (χ1v) is 5.25. The Hall–Kier alpha value is -0.120. The van der Waals surface area contributed by atoms with E-state index in [9.17, 15) is 0 Å². The van der Waals surface area contributed by atoms with E-state index >= 15 is 0 Å². The molecule has 0 aromatic rings. The molecule has 0 atom stereocenters. The summed E-state index contributed by atoms with van der Waals surface area (Å²) in [6.45, 7) is 6.11. The highest BCUT2D eigenvalue weighted by atomic mass is 16.9. The van der Waals surface area contributed by atoms with E-state index in [-0.39, 0.29) is 0 Å². The lowest BCUT2D eigenvalue weighted by atomic mass is 10.2. The average Bonchev–Trinajstić information content (AvgIpc) is 2.55. The quantitative estimate of drug-likeness (QED) is 0.599. The third-order valence-electron chi connectivity index (χ3n) is 2.18. The van der Waals surface area contributed by atoms with Gasteiger partial charge in [0.15, 0.2) is 0 Å². The molecule has 0 aromatic heterocycles. The molecule has 0 aromatic carbocycles. The van der Waals surface area contributed by atoms with Crippen LogP contribution in [0.15, 0.2) is 0 Å². The standard InChI is InChI=1S/C10H20O3/c1-3-5-6-7-10(11-4-2)12-8-9-13-10/h3-9H2,1-2H3. The Morgan fingerprint density at radius 1 is 1.15 bits per heavy atom. The fourth-order valence-electron chi connectivity index (χ4n) is 1.55. The van der Waals surface area contributed by atoms with Gasteiger partial charge in [0.1, 0.15) is 0 Å². The molecule has 78 valence electrons. The van der Waals surface area contributed by atoms with Gasteiger partial charge in [-0.3, -0.25) is 0 Å². The van der Waals surface area contributed by atoms with Gasteiger partial charge >= 0.3 is 0 Å². The van der Waals surface area contributed by atoms with Crippen LogP contribution in [-0.2, 0) is 14.2 Å². The summed E-state index contributed by atoms with van der Waals surface area (Å²) < 4.78 is 16.5. The Labute approximate surface area is 80.4 Å². The van der Waals surface area contributed by atoms with Gasteiger partial charge in [-0.05, 0) is 13.3 Å². The first-order chi connectivity index (χ1) is 6.33. The van der Waals surface area contributed by atoms with E-state index in [1.54, 1.807) is 0 Å². The fourth-order valence-corrected chi connectivity index (χ4v) is 1.55. The number of rotatable bonds is 6. The fraction of sp³-hybridized carbons (Fsp3) is 1.00. The van der Waals surface area contributed by atoms with Gasteiger partial charge in [0.2, 0.25) is 0 Å². The molecule has 0 N–H and O–H groups in total. The van der Waals surface area contributed by atoms with E-state index in [0.29, 0.717) is 19.8 Å². The van der Waals surface area contributed by atoms with Gasteiger partial charge < -0.3 is 14.2 Å². The number of ether oxygens (including phenoxy) is 3. The molecule has 3 heteroatoms. The van der Waals surface area contributed by atoms with Gasteiger partial charge in [0.05, 0.1) is 13.2 Å². The van der Waals surface area contributed by atoms with Crippen molar-refractivity contribution in [1.82, 2.24) is 0 Å². The molecule has 1 aliphatic heterocycles. The van der Waals surface area contributed by atoms with E-state index in [0.717, 1.165) is 12.8 Å².